The van der Waals surface area contributed by atoms with E-state index in [4.69, 9.17) is 14.2 Å². The minimum atomic E-state index is -0.504. The Morgan fingerprint density at radius 1 is 0.926 bits per heavy atom. The highest BCUT2D eigenvalue weighted by molar-refractivity contribution is 5.82. The van der Waals surface area contributed by atoms with Crippen LogP contribution in [0.2, 0.25) is 0 Å². The molecule has 1 fully saturated rings. The van der Waals surface area contributed by atoms with E-state index in [0.717, 1.165) is 17.5 Å². The van der Waals surface area contributed by atoms with Gasteiger partial charge in [-0.05, 0) is 29.7 Å². The maximum absolute atomic E-state index is 12.7. The lowest BCUT2D eigenvalue weighted by atomic mass is 10.1. The fraction of sp³-hybridized carbons (Fsp3) is 0.300. The van der Waals surface area contributed by atoms with Gasteiger partial charge in [-0.3, -0.25) is 4.79 Å². The van der Waals surface area contributed by atoms with Gasteiger partial charge in [0.15, 0.2) is 11.5 Å². The molecule has 0 saturated carbocycles. The molecule has 27 heavy (non-hydrogen) atoms. The van der Waals surface area contributed by atoms with Gasteiger partial charge < -0.3 is 14.2 Å². The van der Waals surface area contributed by atoms with Gasteiger partial charge in [0.25, 0.3) is 0 Å². The van der Waals surface area contributed by atoms with Crippen molar-refractivity contribution in [3.05, 3.63) is 59.7 Å². The second-order valence-corrected chi connectivity index (χ2v) is 6.40. The van der Waals surface area contributed by atoms with Crippen molar-refractivity contribution in [1.82, 2.24) is 10.0 Å². The Morgan fingerprint density at radius 2 is 1.70 bits per heavy atom. The van der Waals surface area contributed by atoms with E-state index >= 15 is 0 Å². The molecule has 0 aliphatic carbocycles. The zero-order valence-electron chi connectivity index (χ0n) is 14.8. The molecule has 2 aromatic carbocycles. The van der Waals surface area contributed by atoms with Gasteiger partial charge in [0, 0.05) is 13.1 Å². The van der Waals surface area contributed by atoms with Crippen LogP contribution >= 0.6 is 0 Å². The number of ether oxygens (including phenoxy) is 3. The Morgan fingerprint density at radius 3 is 2.56 bits per heavy atom. The van der Waals surface area contributed by atoms with Crippen LogP contribution in [0.5, 0.6) is 11.5 Å². The monoisotopic (exact) mass is 368 g/mol. The van der Waals surface area contributed by atoms with Gasteiger partial charge in [0.2, 0.25) is 12.7 Å². The van der Waals surface area contributed by atoms with Crippen LogP contribution in [0.25, 0.3) is 0 Å². The van der Waals surface area contributed by atoms with E-state index in [2.05, 4.69) is 0 Å². The summed E-state index contributed by atoms with van der Waals surface area (Å²) < 4.78 is 16.0. The fourth-order valence-corrected chi connectivity index (χ4v) is 3.17. The van der Waals surface area contributed by atoms with E-state index in [0.29, 0.717) is 24.6 Å². The maximum atomic E-state index is 12.7. The molecular weight excluding hydrogens is 348 g/mol. The van der Waals surface area contributed by atoms with Gasteiger partial charge in [0.05, 0.1) is 6.42 Å². The first-order valence-electron chi connectivity index (χ1n) is 8.88. The highest BCUT2D eigenvalue weighted by atomic mass is 16.7. The predicted octanol–water partition coefficient (Wildman–Crippen LogP) is 2.74. The lowest BCUT2D eigenvalue weighted by Gasteiger charge is -2.27. The number of carbonyl (C=O) groups excluding carboxylic acids is 2. The smallest absolute Gasteiger partial charge is 0.429 e. The molecule has 2 aliphatic heterocycles. The zero-order valence-corrected chi connectivity index (χ0v) is 14.8. The van der Waals surface area contributed by atoms with Crippen LogP contribution in [-0.4, -0.2) is 41.9 Å². The lowest BCUT2D eigenvalue weighted by Crippen LogP contribution is -2.45. The average Bonchev–Trinajstić information content (AvgIpc) is 3.36. The third-order valence-corrected chi connectivity index (χ3v) is 4.53. The minimum Gasteiger partial charge on any atom is -0.454 e. The number of amides is 2. The highest BCUT2D eigenvalue weighted by Crippen LogP contribution is 2.32. The van der Waals surface area contributed by atoms with Crippen LogP contribution in [0, 0.1) is 0 Å². The third-order valence-electron chi connectivity index (χ3n) is 4.53. The Bertz CT molecular complexity index is 840. The first-order valence-corrected chi connectivity index (χ1v) is 8.88. The Hall–Kier alpha value is -3.22. The molecule has 2 heterocycles. The molecular formula is C20H20N2O5. The summed E-state index contributed by atoms with van der Waals surface area (Å²) >= 11 is 0. The van der Waals surface area contributed by atoms with E-state index < -0.39 is 6.09 Å². The van der Waals surface area contributed by atoms with Crippen LogP contribution < -0.4 is 9.47 Å². The van der Waals surface area contributed by atoms with Gasteiger partial charge in [-0.2, -0.15) is 0 Å². The van der Waals surface area contributed by atoms with Gasteiger partial charge >= 0.3 is 6.09 Å². The SMILES string of the molecule is O=C(Cc1ccc2c(c1)OCO2)N1CCCN1C(=O)OCc1ccccc1. The molecule has 0 spiro atoms. The molecule has 4 rings (SSSR count). The molecule has 0 radical (unpaired) electrons. The van der Waals surface area contributed by atoms with E-state index in [9.17, 15) is 9.59 Å². The number of hydrogen-bond donors (Lipinski definition) is 0. The summed E-state index contributed by atoms with van der Waals surface area (Å²) in [6.45, 7) is 1.35. The molecule has 140 valence electrons. The van der Waals surface area contributed by atoms with E-state index in [-0.39, 0.29) is 25.7 Å². The number of nitrogens with zero attached hydrogens (tertiary/aromatic N) is 2. The molecule has 2 aromatic rings. The van der Waals surface area contributed by atoms with Crippen molar-refractivity contribution in [2.75, 3.05) is 19.9 Å². The Kier molecular flexibility index (Phi) is 4.82. The minimum absolute atomic E-state index is 0.150. The Balaban J connectivity index is 1.37. The van der Waals surface area contributed by atoms with Crippen LogP contribution in [0.1, 0.15) is 17.5 Å². The van der Waals surface area contributed by atoms with Crippen molar-refractivity contribution in [2.45, 2.75) is 19.4 Å². The molecule has 2 aliphatic rings. The maximum Gasteiger partial charge on any atom is 0.429 e. The van der Waals surface area contributed by atoms with Crippen molar-refractivity contribution in [2.24, 2.45) is 0 Å². The second kappa shape index (κ2) is 7.57. The summed E-state index contributed by atoms with van der Waals surface area (Å²) in [5.74, 6) is 1.17. The number of rotatable bonds is 4. The van der Waals surface area contributed by atoms with E-state index in [1.54, 1.807) is 12.1 Å². The third kappa shape index (κ3) is 3.81. The summed E-state index contributed by atoms with van der Waals surface area (Å²) in [6, 6.07) is 14.9. The summed E-state index contributed by atoms with van der Waals surface area (Å²) in [5, 5.41) is 2.86. The van der Waals surface area contributed by atoms with Gasteiger partial charge in [-0.1, -0.05) is 36.4 Å². The molecule has 7 nitrogen and oxygen atoms in total. The molecule has 0 bridgehead atoms. The number of benzene rings is 2. The van der Waals surface area contributed by atoms with Crippen LogP contribution in [-0.2, 0) is 22.6 Å². The molecule has 0 N–H and O–H groups in total. The molecule has 2 amide bonds. The standard InChI is InChI=1S/C20H20N2O5/c23-19(12-16-7-8-17-18(11-16)27-14-26-17)21-9-4-10-22(21)20(24)25-13-15-5-2-1-3-6-15/h1-3,5-8,11H,4,9-10,12-14H2. The average molecular weight is 368 g/mol. The lowest BCUT2D eigenvalue weighted by molar-refractivity contribution is -0.141. The summed E-state index contributed by atoms with van der Waals surface area (Å²) in [7, 11) is 0. The second-order valence-electron chi connectivity index (χ2n) is 6.40. The summed E-state index contributed by atoms with van der Waals surface area (Å²) in [5.41, 5.74) is 1.72. The fourth-order valence-electron chi connectivity index (χ4n) is 3.17. The van der Waals surface area contributed by atoms with Crippen molar-refractivity contribution in [3.8, 4) is 11.5 Å². The van der Waals surface area contributed by atoms with Crippen molar-refractivity contribution >= 4 is 12.0 Å². The summed E-state index contributed by atoms with van der Waals surface area (Å²) in [4.78, 5) is 25.1. The first-order chi connectivity index (χ1) is 13.2. The largest absolute Gasteiger partial charge is 0.454 e. The van der Waals surface area contributed by atoms with E-state index in [1.165, 1.54) is 10.0 Å². The number of hydrazine groups is 1. The van der Waals surface area contributed by atoms with Crippen LogP contribution in [0.4, 0.5) is 4.79 Å². The number of carbonyl (C=O) groups is 2. The molecule has 0 aromatic heterocycles. The van der Waals surface area contributed by atoms with Crippen molar-refractivity contribution in [1.29, 1.82) is 0 Å². The predicted molar refractivity (Wildman–Crippen MR) is 95.9 cm³/mol. The van der Waals surface area contributed by atoms with Crippen LogP contribution in [0.15, 0.2) is 48.5 Å². The van der Waals surface area contributed by atoms with Gasteiger partial charge in [-0.25, -0.2) is 14.8 Å². The highest BCUT2D eigenvalue weighted by Gasteiger charge is 2.31. The van der Waals surface area contributed by atoms with E-state index in [1.807, 2.05) is 36.4 Å². The van der Waals surface area contributed by atoms with Gasteiger partial charge in [0.1, 0.15) is 6.61 Å². The molecule has 1 saturated heterocycles. The Labute approximate surface area is 157 Å². The number of fused-ring (bicyclic) bond motifs is 1. The molecule has 7 heteroatoms. The molecule has 0 unspecified atom stereocenters. The quantitative estimate of drug-likeness (QED) is 0.830. The van der Waals surface area contributed by atoms with Crippen LogP contribution in [0.3, 0.4) is 0 Å². The summed E-state index contributed by atoms with van der Waals surface area (Å²) in [6.07, 6.45) is 0.405. The van der Waals surface area contributed by atoms with Crippen molar-refractivity contribution in [3.63, 3.8) is 0 Å². The first kappa shape index (κ1) is 17.2. The van der Waals surface area contributed by atoms with Gasteiger partial charge in [-0.15, -0.1) is 0 Å². The zero-order chi connectivity index (χ0) is 18.6. The normalized spacial score (nSPS) is 15.1. The topological polar surface area (TPSA) is 68.3 Å². The molecule has 0 atom stereocenters. The van der Waals surface area contributed by atoms with Crippen molar-refractivity contribution < 1.29 is 23.8 Å². The number of hydrogen-bond acceptors (Lipinski definition) is 5.